The molecule has 8 heteroatoms. The number of rotatable bonds is 9. The van der Waals surface area contributed by atoms with Gasteiger partial charge in [-0.25, -0.2) is 4.39 Å². The number of benzene rings is 2. The maximum absolute atomic E-state index is 13.2. The Morgan fingerprint density at radius 1 is 0.929 bits per heavy atom. The molecular weight excluding hydrogens is 531 g/mol. The molecule has 3 heterocycles. The molecule has 2 aromatic carbocycles. The summed E-state index contributed by atoms with van der Waals surface area (Å²) in [7, 11) is 1.67. The summed E-state index contributed by atoms with van der Waals surface area (Å²) >= 11 is 0. The largest absolute Gasteiger partial charge is 0.497 e. The van der Waals surface area contributed by atoms with E-state index in [1.807, 2.05) is 25.1 Å². The van der Waals surface area contributed by atoms with Gasteiger partial charge >= 0.3 is 0 Å². The van der Waals surface area contributed by atoms with Crippen LogP contribution in [0.3, 0.4) is 0 Å². The predicted molar refractivity (Wildman–Crippen MR) is 162 cm³/mol. The molecule has 0 unspecified atom stereocenters. The number of methoxy groups -OCH3 is 1. The van der Waals surface area contributed by atoms with Crippen molar-refractivity contribution >= 4 is 17.4 Å². The first kappa shape index (κ1) is 29.5. The van der Waals surface area contributed by atoms with Crippen molar-refractivity contribution < 1.29 is 18.7 Å². The zero-order valence-electron chi connectivity index (χ0n) is 24.4. The molecule has 0 aliphatic carbocycles. The first-order chi connectivity index (χ1) is 20.4. The zero-order chi connectivity index (χ0) is 29.5. The second kappa shape index (κ2) is 13.7. The summed E-state index contributed by atoms with van der Waals surface area (Å²) in [5, 5.41) is 3.17. The fourth-order valence-corrected chi connectivity index (χ4v) is 5.93. The molecule has 2 fully saturated rings. The third kappa shape index (κ3) is 7.23. The molecule has 0 radical (unpaired) electrons. The van der Waals surface area contributed by atoms with Crippen LogP contribution in [0.5, 0.6) is 5.75 Å². The van der Waals surface area contributed by atoms with Gasteiger partial charge in [0, 0.05) is 67.7 Å². The summed E-state index contributed by atoms with van der Waals surface area (Å²) in [6.07, 6.45) is 7.10. The molecule has 0 spiro atoms. The van der Waals surface area contributed by atoms with E-state index in [4.69, 9.17) is 4.74 Å². The van der Waals surface area contributed by atoms with E-state index in [9.17, 15) is 14.0 Å². The summed E-state index contributed by atoms with van der Waals surface area (Å²) in [6, 6.07) is 17.9. The van der Waals surface area contributed by atoms with Crippen molar-refractivity contribution in [2.75, 3.05) is 33.3 Å². The minimum absolute atomic E-state index is 0.0664. The van der Waals surface area contributed by atoms with Crippen molar-refractivity contribution in [2.24, 2.45) is 5.92 Å². The Hall–Kier alpha value is -4.04. The molecule has 1 amide bonds. The van der Waals surface area contributed by atoms with Gasteiger partial charge in [-0.1, -0.05) is 18.2 Å². The molecule has 0 saturated carbocycles. The van der Waals surface area contributed by atoms with Gasteiger partial charge in [0.05, 0.1) is 7.11 Å². The number of ether oxygens (including phenoxy) is 1. The second-order valence-electron chi connectivity index (χ2n) is 11.1. The van der Waals surface area contributed by atoms with Crippen LogP contribution < -0.4 is 10.1 Å². The Bertz CT molecular complexity index is 1370. The van der Waals surface area contributed by atoms with Crippen LogP contribution in [0.25, 0.3) is 5.70 Å². The van der Waals surface area contributed by atoms with E-state index in [1.165, 1.54) is 17.7 Å². The number of nitrogens with zero attached hydrogens (tertiary/aromatic N) is 3. The minimum Gasteiger partial charge on any atom is -0.497 e. The van der Waals surface area contributed by atoms with Crippen molar-refractivity contribution in [1.29, 1.82) is 0 Å². The Kier molecular flexibility index (Phi) is 9.64. The number of halogens is 1. The normalized spacial score (nSPS) is 17.2. The van der Waals surface area contributed by atoms with Crippen LogP contribution in [0.15, 0.2) is 72.9 Å². The van der Waals surface area contributed by atoms with E-state index in [1.54, 1.807) is 31.5 Å². The minimum atomic E-state index is -0.335. The zero-order valence-corrected chi connectivity index (χ0v) is 24.4. The lowest BCUT2D eigenvalue weighted by atomic mass is 9.88. The van der Waals surface area contributed by atoms with Gasteiger partial charge in [-0.2, -0.15) is 0 Å². The Morgan fingerprint density at radius 3 is 2.19 bits per heavy atom. The molecule has 2 aliphatic heterocycles. The maximum Gasteiger partial charge on any atom is 0.270 e. The smallest absolute Gasteiger partial charge is 0.270 e. The van der Waals surface area contributed by atoms with E-state index in [0.29, 0.717) is 11.3 Å². The second-order valence-corrected chi connectivity index (χ2v) is 11.1. The van der Waals surface area contributed by atoms with Crippen molar-refractivity contribution in [1.82, 2.24) is 20.1 Å². The molecule has 220 valence electrons. The van der Waals surface area contributed by atoms with Crippen molar-refractivity contribution in [2.45, 2.75) is 45.2 Å². The van der Waals surface area contributed by atoms with Gasteiger partial charge in [-0.3, -0.25) is 19.5 Å². The average Bonchev–Trinajstić information content (AvgIpc) is 3.03. The molecule has 0 atom stereocenters. The monoisotopic (exact) mass is 570 g/mol. The maximum atomic E-state index is 13.2. The number of pyridine rings is 1. The first-order valence-electron chi connectivity index (χ1n) is 14.8. The summed E-state index contributed by atoms with van der Waals surface area (Å²) < 4.78 is 18.5. The first-order valence-corrected chi connectivity index (χ1v) is 14.8. The van der Waals surface area contributed by atoms with Crippen LogP contribution in [0, 0.1) is 11.7 Å². The van der Waals surface area contributed by atoms with E-state index < -0.39 is 0 Å². The van der Waals surface area contributed by atoms with Gasteiger partial charge in [0.1, 0.15) is 17.3 Å². The van der Waals surface area contributed by atoms with Gasteiger partial charge in [0.15, 0.2) is 5.78 Å². The molecule has 42 heavy (non-hydrogen) atoms. The van der Waals surface area contributed by atoms with Gasteiger partial charge in [-0.05, 0) is 86.7 Å². The number of ketones is 1. The third-order valence-electron chi connectivity index (χ3n) is 8.39. The lowest BCUT2D eigenvalue weighted by Gasteiger charge is -2.34. The molecule has 2 aliphatic rings. The van der Waals surface area contributed by atoms with Gasteiger partial charge < -0.3 is 15.0 Å². The highest BCUT2D eigenvalue weighted by Crippen LogP contribution is 2.28. The Morgan fingerprint density at radius 2 is 1.60 bits per heavy atom. The molecular formula is C34H39FN4O3. The van der Waals surface area contributed by atoms with Crippen molar-refractivity contribution in [3.63, 3.8) is 0 Å². The van der Waals surface area contributed by atoms with Crippen LogP contribution >= 0.6 is 0 Å². The van der Waals surface area contributed by atoms with Gasteiger partial charge in [-0.15, -0.1) is 0 Å². The Balaban J connectivity index is 1.09. The highest BCUT2D eigenvalue weighted by molar-refractivity contribution is 5.98. The molecule has 1 N–H and O–H groups in total. The number of piperidine rings is 2. The number of carbonyl (C=O) groups excluding carboxylic acids is 2. The SMILES string of the molecule is CC=C(c1ccc(C(=O)NC2CCN(Cc3ccc(OC)cc3)CC2)nc1)N1CCC(C(=O)c2ccc(F)cc2)CC1. The fourth-order valence-electron chi connectivity index (χ4n) is 5.93. The molecule has 5 rings (SSSR count). The number of hydrogen-bond acceptors (Lipinski definition) is 6. The highest BCUT2D eigenvalue weighted by atomic mass is 19.1. The number of allylic oxidation sites excluding steroid dienone is 1. The number of carbonyl (C=O) groups is 2. The summed E-state index contributed by atoms with van der Waals surface area (Å²) in [4.78, 5) is 35.0. The quantitative estimate of drug-likeness (QED) is 0.339. The van der Waals surface area contributed by atoms with Crippen molar-refractivity contribution in [3.8, 4) is 5.75 Å². The highest BCUT2D eigenvalue weighted by Gasteiger charge is 2.27. The van der Waals surface area contributed by atoms with E-state index in [-0.39, 0.29) is 29.5 Å². The average molecular weight is 571 g/mol. The summed E-state index contributed by atoms with van der Waals surface area (Å²) in [5.41, 5.74) is 4.23. The number of aromatic nitrogens is 1. The molecule has 1 aromatic heterocycles. The van der Waals surface area contributed by atoms with Crippen LogP contribution in [0.1, 0.15) is 64.6 Å². The number of Topliss-reactive ketones (excluding diaryl/α,β-unsaturated/α-hetero) is 1. The standard InChI is InChI=1S/C34H39FN4O3/c1-3-32(39-20-14-26(15-21-39)33(40)25-6-9-28(35)10-7-25)27-8-13-31(36-22-27)34(41)37-29-16-18-38(19-17-29)23-24-4-11-30(42-2)12-5-24/h3-13,22,26,29H,14-21,23H2,1-2H3,(H,37,41). The van der Waals surface area contributed by atoms with Crippen molar-refractivity contribution in [3.05, 3.63) is 101 Å². The number of amides is 1. The molecule has 2 saturated heterocycles. The third-order valence-corrected chi connectivity index (χ3v) is 8.39. The Labute approximate surface area is 247 Å². The molecule has 7 nitrogen and oxygen atoms in total. The van der Waals surface area contributed by atoms with E-state index >= 15 is 0 Å². The van der Waals surface area contributed by atoms with E-state index in [0.717, 1.165) is 75.4 Å². The summed E-state index contributed by atoms with van der Waals surface area (Å²) in [6.45, 7) is 6.24. The van der Waals surface area contributed by atoms with Crippen LogP contribution in [0.2, 0.25) is 0 Å². The number of likely N-dealkylation sites (tertiary alicyclic amines) is 2. The van der Waals surface area contributed by atoms with Crippen LogP contribution in [-0.2, 0) is 6.54 Å². The molecule has 0 bridgehead atoms. The predicted octanol–water partition coefficient (Wildman–Crippen LogP) is 5.58. The van der Waals surface area contributed by atoms with E-state index in [2.05, 4.69) is 38.3 Å². The van der Waals surface area contributed by atoms with Gasteiger partial charge in [0.2, 0.25) is 0 Å². The molecule has 3 aromatic rings. The van der Waals surface area contributed by atoms with Gasteiger partial charge in [0.25, 0.3) is 5.91 Å². The number of hydrogen-bond donors (Lipinski definition) is 1. The topological polar surface area (TPSA) is 74.8 Å². The van der Waals surface area contributed by atoms with Crippen LogP contribution in [-0.4, -0.2) is 65.8 Å². The fraction of sp³-hybridized carbons (Fsp3) is 0.382. The lowest BCUT2D eigenvalue weighted by molar-refractivity contribution is 0.0868. The number of nitrogens with one attached hydrogen (secondary N) is 1. The van der Waals surface area contributed by atoms with Crippen LogP contribution in [0.4, 0.5) is 4.39 Å². The summed E-state index contributed by atoms with van der Waals surface area (Å²) in [5.74, 6) is 0.400. The lowest BCUT2D eigenvalue weighted by Crippen LogP contribution is -2.44.